The van der Waals surface area contributed by atoms with E-state index < -0.39 is 0 Å². The summed E-state index contributed by atoms with van der Waals surface area (Å²) in [6.07, 6.45) is 2.25. The van der Waals surface area contributed by atoms with E-state index in [2.05, 4.69) is 5.32 Å². The van der Waals surface area contributed by atoms with Gasteiger partial charge in [0.25, 0.3) is 0 Å². The van der Waals surface area contributed by atoms with Crippen molar-refractivity contribution in [2.75, 3.05) is 13.7 Å². The molecule has 0 saturated carbocycles. The van der Waals surface area contributed by atoms with Crippen LogP contribution in [0.2, 0.25) is 0 Å². The normalized spacial score (nSPS) is 20.5. The third-order valence-electron chi connectivity index (χ3n) is 3.03. The van der Waals surface area contributed by atoms with Crippen LogP contribution in [-0.2, 0) is 0 Å². The Bertz CT molecular complexity index is 357. The fraction of sp³-hybridized carbons (Fsp3) is 0.500. The maximum absolute atomic E-state index is 10.1. The van der Waals surface area contributed by atoms with E-state index in [1.54, 1.807) is 7.11 Å². The third kappa shape index (κ3) is 1.79. The maximum atomic E-state index is 10.1. The highest BCUT2D eigenvalue weighted by molar-refractivity contribution is 5.51. The molecule has 15 heavy (non-hydrogen) atoms. The smallest absolute Gasteiger partial charge is 0.162 e. The zero-order valence-electron chi connectivity index (χ0n) is 9.21. The topological polar surface area (TPSA) is 41.5 Å². The lowest BCUT2D eigenvalue weighted by molar-refractivity contribution is 0.367. The first kappa shape index (κ1) is 10.3. The first-order valence-electron chi connectivity index (χ1n) is 5.34. The molecule has 2 rings (SSSR count). The van der Waals surface area contributed by atoms with Gasteiger partial charge in [0.05, 0.1) is 7.11 Å². The molecule has 3 nitrogen and oxygen atoms in total. The molecule has 1 atom stereocenters. The first-order chi connectivity index (χ1) is 7.24. The van der Waals surface area contributed by atoms with E-state index in [1.165, 1.54) is 6.42 Å². The van der Waals surface area contributed by atoms with Crippen molar-refractivity contribution in [1.82, 2.24) is 5.32 Å². The predicted molar refractivity (Wildman–Crippen MR) is 59.4 cm³/mol. The van der Waals surface area contributed by atoms with Gasteiger partial charge in [0.1, 0.15) is 0 Å². The van der Waals surface area contributed by atoms with Crippen molar-refractivity contribution in [2.24, 2.45) is 0 Å². The quantitative estimate of drug-likeness (QED) is 0.780. The number of phenolic OH excluding ortho intramolecular Hbond substituents is 1. The van der Waals surface area contributed by atoms with Crippen molar-refractivity contribution in [3.05, 3.63) is 23.3 Å². The first-order valence-corrected chi connectivity index (χ1v) is 5.34. The van der Waals surface area contributed by atoms with Gasteiger partial charge in [0, 0.05) is 11.6 Å². The molecule has 0 amide bonds. The van der Waals surface area contributed by atoms with Gasteiger partial charge in [0.2, 0.25) is 0 Å². The third-order valence-corrected chi connectivity index (χ3v) is 3.03. The monoisotopic (exact) mass is 207 g/mol. The molecule has 1 aliphatic rings. The highest BCUT2D eigenvalue weighted by Gasteiger charge is 2.22. The summed E-state index contributed by atoms with van der Waals surface area (Å²) in [5.74, 6) is 0.848. The fourth-order valence-corrected chi connectivity index (χ4v) is 2.22. The van der Waals surface area contributed by atoms with Crippen LogP contribution in [0.5, 0.6) is 11.5 Å². The number of rotatable bonds is 2. The Morgan fingerprint density at radius 2 is 2.27 bits per heavy atom. The summed E-state index contributed by atoms with van der Waals surface area (Å²) in [5, 5.41) is 13.5. The Morgan fingerprint density at radius 1 is 1.47 bits per heavy atom. The molecule has 0 unspecified atom stereocenters. The van der Waals surface area contributed by atoms with Gasteiger partial charge in [0.15, 0.2) is 11.5 Å². The minimum absolute atomic E-state index is 0.278. The van der Waals surface area contributed by atoms with Gasteiger partial charge in [-0.1, -0.05) is 6.07 Å². The number of phenols is 1. The second kappa shape index (κ2) is 4.11. The lowest BCUT2D eigenvalue weighted by atomic mass is 9.98. The molecule has 0 spiro atoms. The summed E-state index contributed by atoms with van der Waals surface area (Å²) >= 11 is 0. The summed E-state index contributed by atoms with van der Waals surface area (Å²) < 4.78 is 5.12. The Kier molecular flexibility index (Phi) is 2.82. The van der Waals surface area contributed by atoms with E-state index in [0.717, 1.165) is 24.1 Å². The van der Waals surface area contributed by atoms with Gasteiger partial charge < -0.3 is 15.2 Å². The number of hydrogen-bond donors (Lipinski definition) is 2. The van der Waals surface area contributed by atoms with E-state index in [1.807, 2.05) is 19.1 Å². The lowest BCUT2D eigenvalue weighted by Gasteiger charge is -2.17. The van der Waals surface area contributed by atoms with Crippen molar-refractivity contribution in [1.29, 1.82) is 0 Å². The van der Waals surface area contributed by atoms with E-state index in [9.17, 15) is 5.11 Å². The van der Waals surface area contributed by atoms with Crippen LogP contribution in [0.1, 0.15) is 30.0 Å². The molecule has 1 fully saturated rings. The van der Waals surface area contributed by atoms with Crippen LogP contribution in [0.3, 0.4) is 0 Å². The molecule has 0 aliphatic carbocycles. The molecule has 1 saturated heterocycles. The number of aryl methyl sites for hydroxylation is 1. The van der Waals surface area contributed by atoms with Gasteiger partial charge in [-0.25, -0.2) is 0 Å². The highest BCUT2D eigenvalue weighted by atomic mass is 16.5. The van der Waals surface area contributed by atoms with E-state index >= 15 is 0 Å². The average Bonchev–Trinajstić information content (AvgIpc) is 2.71. The number of hydrogen-bond acceptors (Lipinski definition) is 3. The van der Waals surface area contributed by atoms with Crippen LogP contribution in [0, 0.1) is 6.92 Å². The Morgan fingerprint density at radius 3 is 2.87 bits per heavy atom. The van der Waals surface area contributed by atoms with Crippen LogP contribution >= 0.6 is 0 Å². The molecule has 0 aromatic heterocycles. The number of aromatic hydroxyl groups is 1. The zero-order chi connectivity index (χ0) is 10.8. The second-order valence-corrected chi connectivity index (χ2v) is 4.00. The Hall–Kier alpha value is -1.22. The van der Waals surface area contributed by atoms with Crippen molar-refractivity contribution in [3.8, 4) is 11.5 Å². The van der Waals surface area contributed by atoms with Gasteiger partial charge in [-0.05, 0) is 37.9 Å². The van der Waals surface area contributed by atoms with Crippen LogP contribution in [0.4, 0.5) is 0 Å². The van der Waals surface area contributed by atoms with Crippen molar-refractivity contribution in [3.63, 3.8) is 0 Å². The molecule has 3 heteroatoms. The molecule has 1 aromatic rings. The molecule has 1 aromatic carbocycles. The van der Waals surface area contributed by atoms with Crippen molar-refractivity contribution >= 4 is 0 Å². The van der Waals surface area contributed by atoms with Gasteiger partial charge in [-0.2, -0.15) is 0 Å². The molecule has 0 radical (unpaired) electrons. The predicted octanol–water partition coefficient (Wildman–Crippen LogP) is 2.13. The maximum Gasteiger partial charge on any atom is 0.162 e. The molecular formula is C12H17NO2. The zero-order valence-corrected chi connectivity index (χ0v) is 9.21. The minimum Gasteiger partial charge on any atom is -0.504 e. The van der Waals surface area contributed by atoms with Crippen LogP contribution in [0.15, 0.2) is 12.1 Å². The number of nitrogens with one attached hydrogen (secondary N) is 1. The number of methoxy groups -OCH3 is 1. The summed E-state index contributed by atoms with van der Waals surface area (Å²) in [4.78, 5) is 0. The van der Waals surface area contributed by atoms with E-state index in [-0.39, 0.29) is 11.8 Å². The summed E-state index contributed by atoms with van der Waals surface area (Å²) in [7, 11) is 1.58. The molecule has 82 valence electrons. The standard InChI is InChI=1S/C12H17NO2/c1-8-5-6-10(15-2)12(14)11(8)9-4-3-7-13-9/h5-6,9,13-14H,3-4,7H2,1-2H3/t9-/m1/s1. The summed E-state index contributed by atoms with van der Waals surface area (Å²) in [5.41, 5.74) is 2.11. The van der Waals surface area contributed by atoms with Crippen molar-refractivity contribution < 1.29 is 9.84 Å². The largest absolute Gasteiger partial charge is 0.504 e. The Balaban J connectivity index is 2.43. The molecule has 2 N–H and O–H groups in total. The van der Waals surface area contributed by atoms with Crippen LogP contribution in [-0.4, -0.2) is 18.8 Å². The second-order valence-electron chi connectivity index (χ2n) is 4.00. The van der Waals surface area contributed by atoms with E-state index in [4.69, 9.17) is 4.74 Å². The van der Waals surface area contributed by atoms with Crippen LogP contribution < -0.4 is 10.1 Å². The fourth-order valence-electron chi connectivity index (χ4n) is 2.22. The number of benzene rings is 1. The lowest BCUT2D eigenvalue weighted by Crippen LogP contribution is -2.14. The number of ether oxygens (including phenoxy) is 1. The molecule has 1 aliphatic heterocycles. The summed E-state index contributed by atoms with van der Waals surface area (Å²) in [6, 6.07) is 4.08. The average molecular weight is 207 g/mol. The van der Waals surface area contributed by atoms with Gasteiger partial charge in [-0.15, -0.1) is 0 Å². The minimum atomic E-state index is 0.278. The van der Waals surface area contributed by atoms with Crippen molar-refractivity contribution in [2.45, 2.75) is 25.8 Å². The Labute approximate surface area is 90.1 Å². The molecular weight excluding hydrogens is 190 g/mol. The van der Waals surface area contributed by atoms with Gasteiger partial charge >= 0.3 is 0 Å². The molecule has 1 heterocycles. The highest BCUT2D eigenvalue weighted by Crippen LogP contribution is 2.38. The van der Waals surface area contributed by atoms with E-state index in [0.29, 0.717) is 5.75 Å². The summed E-state index contributed by atoms with van der Waals surface area (Å²) in [6.45, 7) is 3.05. The van der Waals surface area contributed by atoms with Gasteiger partial charge in [-0.3, -0.25) is 0 Å². The molecule has 0 bridgehead atoms. The van der Waals surface area contributed by atoms with Crippen LogP contribution in [0.25, 0.3) is 0 Å². The SMILES string of the molecule is COc1ccc(C)c([C@H]2CCCN2)c1O.